The molecule has 0 radical (unpaired) electrons. The second-order valence-corrected chi connectivity index (χ2v) is 8.68. The van der Waals surface area contributed by atoms with E-state index in [1.807, 2.05) is 0 Å². The van der Waals surface area contributed by atoms with Gasteiger partial charge in [-0.05, 0) is 26.0 Å². The number of halogens is 3. The fraction of sp³-hybridized carbons (Fsp3) is 0.455. The van der Waals surface area contributed by atoms with Crippen LogP contribution in [0.1, 0.15) is 28.8 Å². The Morgan fingerprint density at radius 2 is 1.88 bits per heavy atom. The highest BCUT2D eigenvalue weighted by atomic mass is 19.2. The van der Waals surface area contributed by atoms with Gasteiger partial charge in [0.2, 0.25) is 0 Å². The molecule has 8 nitrogen and oxygen atoms in total. The van der Waals surface area contributed by atoms with Crippen LogP contribution in [0.3, 0.4) is 0 Å². The number of aromatic nitrogens is 2. The number of aryl methyl sites for hydroxylation is 1. The molecule has 0 unspecified atom stereocenters. The molecule has 11 heteroatoms. The Kier molecular flexibility index (Phi) is 5.77. The maximum Gasteiger partial charge on any atom is 0.254 e. The number of likely N-dealkylation sites (N-methyl/N-ethyl adjacent to an activating group) is 1. The monoisotopic (exact) mass is 463 g/mol. The Balaban J connectivity index is 1.47. The van der Waals surface area contributed by atoms with E-state index in [2.05, 4.69) is 15.3 Å². The van der Waals surface area contributed by atoms with Crippen LogP contribution in [0.5, 0.6) is 0 Å². The maximum atomic E-state index is 13.4. The van der Waals surface area contributed by atoms with Gasteiger partial charge in [0.25, 0.3) is 11.8 Å². The van der Waals surface area contributed by atoms with Gasteiger partial charge in [0, 0.05) is 45.1 Å². The minimum Gasteiger partial charge on any atom is -0.382 e. The summed E-state index contributed by atoms with van der Waals surface area (Å²) in [5.74, 6) is -3.97. The third-order valence-electron chi connectivity index (χ3n) is 6.27. The van der Waals surface area contributed by atoms with E-state index < -0.39 is 28.9 Å². The van der Waals surface area contributed by atoms with Gasteiger partial charge in [-0.3, -0.25) is 9.59 Å². The number of amides is 2. The molecule has 2 amide bonds. The average molecular weight is 463 g/mol. The van der Waals surface area contributed by atoms with E-state index in [0.717, 1.165) is 0 Å². The maximum absolute atomic E-state index is 13.4. The van der Waals surface area contributed by atoms with E-state index in [-0.39, 0.29) is 24.0 Å². The molecule has 1 atom stereocenters. The quantitative estimate of drug-likeness (QED) is 0.685. The van der Waals surface area contributed by atoms with E-state index in [1.165, 1.54) is 12.0 Å². The summed E-state index contributed by atoms with van der Waals surface area (Å²) in [4.78, 5) is 37.5. The van der Waals surface area contributed by atoms with Crippen molar-refractivity contribution in [3.8, 4) is 0 Å². The Morgan fingerprint density at radius 3 is 2.48 bits per heavy atom. The third-order valence-corrected chi connectivity index (χ3v) is 6.27. The van der Waals surface area contributed by atoms with E-state index in [9.17, 15) is 22.8 Å². The second-order valence-electron chi connectivity index (χ2n) is 8.68. The van der Waals surface area contributed by atoms with Gasteiger partial charge in [0.15, 0.2) is 23.3 Å². The van der Waals surface area contributed by atoms with Crippen LogP contribution in [0.25, 0.3) is 0 Å². The molecule has 33 heavy (non-hydrogen) atoms. The van der Waals surface area contributed by atoms with Crippen LogP contribution >= 0.6 is 0 Å². The normalized spacial score (nSPS) is 20.4. The predicted molar refractivity (Wildman–Crippen MR) is 113 cm³/mol. The summed E-state index contributed by atoms with van der Waals surface area (Å²) in [6.07, 6.45) is 0.479. The zero-order chi connectivity index (χ0) is 24.1. The van der Waals surface area contributed by atoms with E-state index in [4.69, 9.17) is 4.74 Å². The van der Waals surface area contributed by atoms with Crippen molar-refractivity contribution in [1.29, 1.82) is 0 Å². The molecule has 0 spiro atoms. The minimum absolute atomic E-state index is 0.0513. The molecule has 176 valence electrons. The zero-order valence-corrected chi connectivity index (χ0v) is 18.7. The summed E-state index contributed by atoms with van der Waals surface area (Å²) in [5, 5.41) is 2.87. The van der Waals surface area contributed by atoms with Crippen LogP contribution < -0.4 is 10.2 Å². The lowest BCUT2D eigenvalue weighted by Crippen LogP contribution is -2.59. The lowest BCUT2D eigenvalue weighted by Gasteiger charge is -2.43. The summed E-state index contributed by atoms with van der Waals surface area (Å²) in [7, 11) is 3.30. The van der Waals surface area contributed by atoms with Crippen molar-refractivity contribution < 1.29 is 27.5 Å². The fourth-order valence-corrected chi connectivity index (χ4v) is 4.16. The summed E-state index contributed by atoms with van der Waals surface area (Å²) >= 11 is 0. The lowest BCUT2D eigenvalue weighted by atomic mass is 9.94. The van der Waals surface area contributed by atoms with Crippen molar-refractivity contribution in [2.75, 3.05) is 44.1 Å². The standard InChI is InChI=1S/C22H24F3N5O3/c1-11-18-19(29(3)22(2,10-33-4)21(32)28-18)27-16(26-11)5-12-8-30(9-12)20(31)13-6-14(23)17(25)15(24)7-13/h6-7,12H,5,8-10H2,1-4H3,(H,28,32)/t22-/m0/s1. The van der Waals surface area contributed by atoms with Crippen molar-refractivity contribution in [2.24, 2.45) is 5.92 Å². The SMILES string of the molecule is COC[C@@]1(C)C(=O)Nc2c(C)nc(CC3CN(C(=O)c4cc(F)c(F)c(F)c4)C3)nc2N1C. The Bertz CT molecular complexity index is 1120. The first kappa shape index (κ1) is 23.0. The average Bonchev–Trinajstić information content (AvgIpc) is 2.73. The summed E-state index contributed by atoms with van der Waals surface area (Å²) in [5.41, 5.74) is 0.00413. The number of fused-ring (bicyclic) bond motifs is 1. The van der Waals surface area contributed by atoms with Gasteiger partial charge < -0.3 is 19.9 Å². The molecule has 0 aliphatic carbocycles. The molecule has 3 heterocycles. The van der Waals surface area contributed by atoms with Crippen molar-refractivity contribution in [2.45, 2.75) is 25.8 Å². The number of benzene rings is 1. The number of nitrogens with one attached hydrogen (secondary N) is 1. The largest absolute Gasteiger partial charge is 0.382 e. The van der Waals surface area contributed by atoms with Gasteiger partial charge in [-0.15, -0.1) is 0 Å². The molecule has 2 aliphatic heterocycles. The van der Waals surface area contributed by atoms with Gasteiger partial charge in [-0.1, -0.05) is 0 Å². The number of methoxy groups -OCH3 is 1. The first-order chi connectivity index (χ1) is 15.5. The molecule has 1 saturated heterocycles. The molecular weight excluding hydrogens is 439 g/mol. The number of likely N-dealkylation sites (tertiary alicyclic amines) is 1. The number of ether oxygens (including phenoxy) is 1. The van der Waals surface area contributed by atoms with E-state index >= 15 is 0 Å². The van der Waals surface area contributed by atoms with Gasteiger partial charge in [-0.2, -0.15) is 0 Å². The number of hydrogen-bond donors (Lipinski definition) is 1. The van der Waals surface area contributed by atoms with Gasteiger partial charge >= 0.3 is 0 Å². The van der Waals surface area contributed by atoms with Crippen molar-refractivity contribution in [3.05, 3.63) is 46.7 Å². The van der Waals surface area contributed by atoms with Crippen molar-refractivity contribution in [1.82, 2.24) is 14.9 Å². The Morgan fingerprint density at radius 1 is 1.24 bits per heavy atom. The Labute approximate surface area is 188 Å². The van der Waals surface area contributed by atoms with Crippen LogP contribution in [0.15, 0.2) is 12.1 Å². The van der Waals surface area contributed by atoms with Crippen molar-refractivity contribution in [3.63, 3.8) is 0 Å². The molecule has 4 rings (SSSR count). The first-order valence-electron chi connectivity index (χ1n) is 10.4. The fourth-order valence-electron chi connectivity index (χ4n) is 4.16. The highest BCUT2D eigenvalue weighted by molar-refractivity contribution is 6.06. The molecular formula is C22H24F3N5O3. The topological polar surface area (TPSA) is 87.7 Å². The van der Waals surface area contributed by atoms with Crippen LogP contribution in [-0.4, -0.2) is 66.1 Å². The highest BCUT2D eigenvalue weighted by Gasteiger charge is 2.44. The second kappa shape index (κ2) is 8.29. The number of anilines is 2. The van der Waals surface area contributed by atoms with Crippen LogP contribution in [0.2, 0.25) is 0 Å². The number of rotatable bonds is 5. The zero-order valence-electron chi connectivity index (χ0n) is 18.7. The van der Waals surface area contributed by atoms with Gasteiger partial charge in [0.1, 0.15) is 17.1 Å². The third kappa shape index (κ3) is 3.90. The Hall–Kier alpha value is -3.21. The molecule has 1 aromatic heterocycles. The summed E-state index contributed by atoms with van der Waals surface area (Å²) < 4.78 is 45.3. The molecule has 1 N–H and O–H groups in total. The number of carbonyl (C=O) groups excluding carboxylic acids is 2. The number of hydrogen-bond acceptors (Lipinski definition) is 6. The summed E-state index contributed by atoms with van der Waals surface area (Å²) in [6.45, 7) is 4.44. The minimum atomic E-state index is -1.60. The van der Waals surface area contributed by atoms with Crippen LogP contribution in [0, 0.1) is 30.3 Å². The molecule has 1 aromatic carbocycles. The summed E-state index contributed by atoms with van der Waals surface area (Å²) in [6, 6.07) is 1.40. The van der Waals surface area contributed by atoms with Crippen molar-refractivity contribution >= 4 is 23.3 Å². The highest BCUT2D eigenvalue weighted by Crippen LogP contribution is 2.36. The lowest BCUT2D eigenvalue weighted by molar-refractivity contribution is -0.122. The van der Waals surface area contributed by atoms with E-state index in [0.29, 0.717) is 54.7 Å². The predicted octanol–water partition coefficient (Wildman–Crippen LogP) is 2.31. The molecule has 0 saturated carbocycles. The first-order valence-corrected chi connectivity index (χ1v) is 10.4. The van der Waals surface area contributed by atoms with Gasteiger partial charge in [0.05, 0.1) is 12.3 Å². The molecule has 2 aromatic rings. The van der Waals surface area contributed by atoms with Gasteiger partial charge in [-0.25, -0.2) is 23.1 Å². The molecule has 2 aliphatic rings. The van der Waals surface area contributed by atoms with Crippen LogP contribution in [0.4, 0.5) is 24.7 Å². The van der Waals surface area contributed by atoms with E-state index in [1.54, 1.807) is 25.8 Å². The van der Waals surface area contributed by atoms with Crippen LogP contribution in [-0.2, 0) is 16.0 Å². The molecule has 0 bridgehead atoms. The molecule has 1 fully saturated rings. The number of nitrogens with zero attached hydrogens (tertiary/aromatic N) is 4. The number of carbonyl (C=O) groups is 2. The smallest absolute Gasteiger partial charge is 0.254 e.